The second-order valence-electron chi connectivity index (χ2n) is 6.26. The molecule has 1 aliphatic rings. The molecule has 2 aromatic heterocycles. The van der Waals surface area contributed by atoms with Gasteiger partial charge in [-0.15, -0.1) is 0 Å². The zero-order chi connectivity index (χ0) is 17.2. The lowest BCUT2D eigenvalue weighted by Gasteiger charge is -2.33. The Kier molecular flexibility index (Phi) is 4.01. The molecule has 1 atom stereocenters. The number of aromatic nitrogens is 3. The van der Waals surface area contributed by atoms with Crippen molar-refractivity contribution in [1.29, 1.82) is 0 Å². The summed E-state index contributed by atoms with van der Waals surface area (Å²) in [7, 11) is 0. The zero-order valence-electron chi connectivity index (χ0n) is 13.7. The Morgan fingerprint density at radius 2 is 1.92 bits per heavy atom. The van der Waals surface area contributed by atoms with Gasteiger partial charge in [0.15, 0.2) is 0 Å². The highest BCUT2D eigenvalue weighted by atomic mass is 16.2. The van der Waals surface area contributed by atoms with Crippen LogP contribution in [-0.4, -0.2) is 38.4 Å². The molecule has 0 unspecified atom stereocenters. The average Bonchev–Trinajstić information content (AvgIpc) is 2.69. The number of rotatable bonds is 2. The number of para-hydroxylation sites is 1. The molecule has 0 radical (unpaired) electrons. The standard InChI is InChI=1S/C19H18N4O2/c24-18(14-7-9-20-10-8-14)22-11-3-4-15(12-22)23-13-21-17-6-2-1-5-16(17)19(23)25/h1-2,5-10,13,15H,3-4,11-12H2/t15-/m1/s1. The SMILES string of the molecule is O=C(c1ccncc1)N1CCC[C@@H](n2cnc3ccccc3c2=O)C1. The average molecular weight is 334 g/mol. The van der Waals surface area contributed by atoms with Crippen LogP contribution in [0, 0.1) is 0 Å². The summed E-state index contributed by atoms with van der Waals surface area (Å²) in [5.41, 5.74) is 1.28. The number of hydrogen-bond acceptors (Lipinski definition) is 4. The van der Waals surface area contributed by atoms with Gasteiger partial charge in [-0.25, -0.2) is 4.98 Å². The van der Waals surface area contributed by atoms with E-state index in [0.29, 0.717) is 29.6 Å². The first-order valence-electron chi connectivity index (χ1n) is 8.39. The van der Waals surface area contributed by atoms with Crippen molar-refractivity contribution in [3.8, 4) is 0 Å². The van der Waals surface area contributed by atoms with E-state index in [1.54, 1.807) is 41.5 Å². The van der Waals surface area contributed by atoms with Crippen molar-refractivity contribution in [2.24, 2.45) is 0 Å². The van der Waals surface area contributed by atoms with Gasteiger partial charge in [0.2, 0.25) is 0 Å². The number of piperidine rings is 1. The van der Waals surface area contributed by atoms with Gasteiger partial charge in [0.1, 0.15) is 0 Å². The summed E-state index contributed by atoms with van der Waals surface area (Å²) < 4.78 is 1.67. The van der Waals surface area contributed by atoms with Crippen LogP contribution < -0.4 is 5.56 Å². The van der Waals surface area contributed by atoms with Gasteiger partial charge in [0.25, 0.3) is 11.5 Å². The van der Waals surface area contributed by atoms with Crippen LogP contribution >= 0.6 is 0 Å². The number of carbonyl (C=O) groups is 1. The summed E-state index contributed by atoms with van der Waals surface area (Å²) >= 11 is 0. The summed E-state index contributed by atoms with van der Waals surface area (Å²) in [5.74, 6) is -0.0195. The number of amides is 1. The zero-order valence-corrected chi connectivity index (χ0v) is 13.7. The topological polar surface area (TPSA) is 68.1 Å². The van der Waals surface area contributed by atoms with Gasteiger partial charge < -0.3 is 4.90 Å². The Morgan fingerprint density at radius 1 is 1.12 bits per heavy atom. The van der Waals surface area contributed by atoms with Gasteiger partial charge in [-0.05, 0) is 37.1 Å². The fourth-order valence-corrected chi connectivity index (χ4v) is 3.39. The van der Waals surface area contributed by atoms with Gasteiger partial charge in [-0.3, -0.25) is 19.1 Å². The van der Waals surface area contributed by atoms with E-state index >= 15 is 0 Å². The van der Waals surface area contributed by atoms with Crippen molar-refractivity contribution in [1.82, 2.24) is 19.4 Å². The van der Waals surface area contributed by atoms with Gasteiger partial charge >= 0.3 is 0 Å². The molecule has 126 valence electrons. The van der Waals surface area contributed by atoms with E-state index in [1.165, 1.54) is 0 Å². The first-order chi connectivity index (χ1) is 12.2. The molecule has 1 amide bonds. The number of carbonyl (C=O) groups excluding carboxylic acids is 1. The first kappa shape index (κ1) is 15.5. The first-order valence-corrected chi connectivity index (χ1v) is 8.39. The molecule has 4 rings (SSSR count). The Hall–Kier alpha value is -3.02. The van der Waals surface area contributed by atoms with E-state index in [9.17, 15) is 9.59 Å². The lowest BCUT2D eigenvalue weighted by molar-refractivity contribution is 0.0677. The third-order valence-corrected chi connectivity index (χ3v) is 4.69. The second kappa shape index (κ2) is 6.47. The highest BCUT2D eigenvalue weighted by Gasteiger charge is 2.26. The molecule has 0 bridgehead atoms. The molecule has 1 aromatic carbocycles. The van der Waals surface area contributed by atoms with Crippen molar-refractivity contribution in [3.05, 3.63) is 71.0 Å². The Balaban J connectivity index is 1.63. The van der Waals surface area contributed by atoms with E-state index < -0.39 is 0 Å². The maximum absolute atomic E-state index is 12.8. The molecule has 3 heterocycles. The highest BCUT2D eigenvalue weighted by Crippen LogP contribution is 2.22. The normalized spacial score (nSPS) is 17.6. The fourth-order valence-electron chi connectivity index (χ4n) is 3.39. The minimum absolute atomic E-state index is 0.0195. The van der Waals surface area contributed by atoms with Crippen LogP contribution in [0.15, 0.2) is 59.9 Å². The predicted octanol–water partition coefficient (Wildman–Crippen LogP) is 2.27. The van der Waals surface area contributed by atoms with Crippen LogP contribution in [-0.2, 0) is 0 Å². The van der Waals surface area contributed by atoms with E-state index in [1.807, 2.05) is 23.1 Å². The summed E-state index contributed by atoms with van der Waals surface area (Å²) in [6.07, 6.45) is 6.56. The summed E-state index contributed by atoms with van der Waals surface area (Å²) in [6, 6.07) is 10.7. The molecular formula is C19H18N4O2. The second-order valence-corrected chi connectivity index (χ2v) is 6.26. The number of nitrogens with zero attached hydrogens (tertiary/aromatic N) is 4. The number of benzene rings is 1. The quantitative estimate of drug-likeness (QED) is 0.721. The summed E-state index contributed by atoms with van der Waals surface area (Å²) in [5, 5.41) is 0.614. The van der Waals surface area contributed by atoms with Crippen LogP contribution in [0.5, 0.6) is 0 Å². The monoisotopic (exact) mass is 334 g/mol. The molecule has 1 fully saturated rings. The lowest BCUT2D eigenvalue weighted by Crippen LogP contribution is -2.42. The van der Waals surface area contributed by atoms with Crippen LogP contribution in [0.4, 0.5) is 0 Å². The van der Waals surface area contributed by atoms with Gasteiger partial charge in [0, 0.05) is 31.0 Å². The smallest absolute Gasteiger partial charge is 0.261 e. The Bertz CT molecular complexity index is 968. The maximum Gasteiger partial charge on any atom is 0.261 e. The predicted molar refractivity (Wildman–Crippen MR) is 94.4 cm³/mol. The summed E-state index contributed by atoms with van der Waals surface area (Å²) in [4.78, 5) is 35.6. The minimum Gasteiger partial charge on any atom is -0.337 e. The lowest BCUT2D eigenvalue weighted by atomic mass is 10.0. The van der Waals surface area contributed by atoms with E-state index in [2.05, 4.69) is 9.97 Å². The molecule has 6 heteroatoms. The molecule has 1 saturated heterocycles. The third kappa shape index (κ3) is 2.91. The van der Waals surface area contributed by atoms with Crippen LogP contribution in [0.1, 0.15) is 29.2 Å². The third-order valence-electron chi connectivity index (χ3n) is 4.69. The number of pyridine rings is 1. The van der Waals surface area contributed by atoms with Crippen LogP contribution in [0.3, 0.4) is 0 Å². The van der Waals surface area contributed by atoms with Gasteiger partial charge in [-0.1, -0.05) is 12.1 Å². The fraction of sp³-hybridized carbons (Fsp3) is 0.263. The van der Waals surface area contributed by atoms with Crippen molar-refractivity contribution in [2.45, 2.75) is 18.9 Å². The molecule has 6 nitrogen and oxygen atoms in total. The van der Waals surface area contributed by atoms with Crippen molar-refractivity contribution < 1.29 is 4.79 Å². The van der Waals surface area contributed by atoms with Gasteiger partial charge in [0.05, 0.1) is 23.3 Å². The molecule has 25 heavy (non-hydrogen) atoms. The van der Waals surface area contributed by atoms with Crippen LogP contribution in [0.25, 0.3) is 10.9 Å². The van der Waals surface area contributed by atoms with E-state index in [-0.39, 0.29) is 17.5 Å². The summed E-state index contributed by atoms with van der Waals surface area (Å²) in [6.45, 7) is 1.22. The molecule has 0 aliphatic carbocycles. The van der Waals surface area contributed by atoms with Crippen molar-refractivity contribution in [2.75, 3.05) is 13.1 Å². The molecule has 3 aromatic rings. The van der Waals surface area contributed by atoms with E-state index in [4.69, 9.17) is 0 Å². The van der Waals surface area contributed by atoms with Crippen molar-refractivity contribution in [3.63, 3.8) is 0 Å². The molecule has 0 spiro atoms. The van der Waals surface area contributed by atoms with Crippen LogP contribution in [0.2, 0.25) is 0 Å². The number of likely N-dealkylation sites (tertiary alicyclic amines) is 1. The Labute approximate surface area is 144 Å². The van der Waals surface area contributed by atoms with E-state index in [0.717, 1.165) is 12.8 Å². The minimum atomic E-state index is -0.0517. The van der Waals surface area contributed by atoms with Gasteiger partial charge in [-0.2, -0.15) is 0 Å². The molecule has 0 N–H and O–H groups in total. The number of hydrogen-bond donors (Lipinski definition) is 0. The molecular weight excluding hydrogens is 316 g/mol. The maximum atomic E-state index is 12.8. The largest absolute Gasteiger partial charge is 0.337 e. The number of fused-ring (bicyclic) bond motifs is 1. The highest BCUT2D eigenvalue weighted by molar-refractivity contribution is 5.94. The Morgan fingerprint density at radius 3 is 2.76 bits per heavy atom. The molecule has 1 aliphatic heterocycles. The van der Waals surface area contributed by atoms with Crippen molar-refractivity contribution >= 4 is 16.8 Å². The molecule has 0 saturated carbocycles.